The fraction of sp³-hybridized carbons (Fsp3) is 0.0800. The third-order valence-electron chi connectivity index (χ3n) is 6.07. The molecule has 156 valence electrons. The summed E-state index contributed by atoms with van der Waals surface area (Å²) in [7, 11) is 0. The number of H-pyrrole nitrogens is 1. The number of anilines is 2. The Balaban J connectivity index is 1.39. The van der Waals surface area contributed by atoms with Gasteiger partial charge in [0.15, 0.2) is 0 Å². The van der Waals surface area contributed by atoms with Gasteiger partial charge in [-0.15, -0.1) is 0 Å². The molecule has 6 rings (SSSR count). The predicted octanol–water partition coefficient (Wildman–Crippen LogP) is 3.92. The molecule has 7 heteroatoms. The second-order valence-corrected chi connectivity index (χ2v) is 7.88. The van der Waals surface area contributed by atoms with E-state index < -0.39 is 6.17 Å². The lowest BCUT2D eigenvalue weighted by Gasteiger charge is -2.40. The smallest absolute Gasteiger partial charge is 0.260 e. The first-order valence-electron chi connectivity index (χ1n) is 10.3. The van der Waals surface area contributed by atoms with Crippen molar-refractivity contribution in [3.8, 4) is 0 Å². The first-order valence-corrected chi connectivity index (χ1v) is 10.3. The average Bonchev–Trinajstić information content (AvgIpc) is 3.41. The molecular weight excluding hydrogens is 404 g/mol. The lowest BCUT2D eigenvalue weighted by Crippen LogP contribution is -2.50. The van der Waals surface area contributed by atoms with E-state index in [1.54, 1.807) is 41.3 Å². The van der Waals surface area contributed by atoms with Crippen molar-refractivity contribution in [2.45, 2.75) is 6.17 Å². The summed E-state index contributed by atoms with van der Waals surface area (Å²) in [5, 5.41) is 3.81. The Hall–Kier alpha value is -4.39. The first kappa shape index (κ1) is 18.4. The summed E-state index contributed by atoms with van der Waals surface area (Å²) in [4.78, 5) is 45.9. The highest BCUT2D eigenvalue weighted by Crippen LogP contribution is 2.45. The maximum absolute atomic E-state index is 13.4. The van der Waals surface area contributed by atoms with Gasteiger partial charge in [-0.2, -0.15) is 0 Å². The lowest BCUT2D eigenvalue weighted by molar-refractivity contribution is -0.117. The summed E-state index contributed by atoms with van der Waals surface area (Å²) in [6.45, 7) is -0.184. The number of carbonyl (C=O) groups is 3. The first-order chi connectivity index (χ1) is 15.6. The standard InChI is InChI=1S/C25H18N4O3/c30-22(27-20-10-5-9-19-17(20)12-13-26-19)14-28-23-15-6-1-2-7-16(15)25(32)29(23)21-11-4-3-8-18(21)24(28)31/h1-13,23,26H,14H2,(H,27,30). The Morgan fingerprint density at radius 1 is 0.875 bits per heavy atom. The van der Waals surface area contributed by atoms with Gasteiger partial charge in [0.2, 0.25) is 5.91 Å². The molecule has 0 bridgehead atoms. The van der Waals surface area contributed by atoms with Gasteiger partial charge < -0.3 is 15.2 Å². The molecule has 0 radical (unpaired) electrons. The molecule has 0 saturated heterocycles. The number of nitrogens with one attached hydrogen (secondary N) is 2. The molecule has 0 aliphatic carbocycles. The molecule has 2 aliphatic heterocycles. The van der Waals surface area contributed by atoms with Crippen molar-refractivity contribution < 1.29 is 14.4 Å². The van der Waals surface area contributed by atoms with Gasteiger partial charge in [0.05, 0.1) is 16.9 Å². The van der Waals surface area contributed by atoms with E-state index in [0.29, 0.717) is 22.5 Å². The van der Waals surface area contributed by atoms with E-state index in [9.17, 15) is 14.4 Å². The quantitative estimate of drug-likeness (QED) is 0.525. The highest BCUT2D eigenvalue weighted by Gasteiger charge is 2.48. The van der Waals surface area contributed by atoms with Gasteiger partial charge in [-0.25, -0.2) is 0 Å². The summed E-state index contributed by atoms with van der Waals surface area (Å²) in [5.74, 6) is -0.780. The number of hydrogen-bond donors (Lipinski definition) is 2. The average molecular weight is 422 g/mol. The van der Waals surface area contributed by atoms with Crippen LogP contribution in [0.2, 0.25) is 0 Å². The highest BCUT2D eigenvalue weighted by molar-refractivity contribution is 6.17. The molecule has 7 nitrogen and oxygen atoms in total. The van der Waals surface area contributed by atoms with Crippen LogP contribution in [0.1, 0.15) is 32.4 Å². The summed E-state index contributed by atoms with van der Waals surface area (Å²) < 4.78 is 0. The number of fused-ring (bicyclic) bond motifs is 6. The number of aromatic nitrogens is 1. The molecule has 2 aliphatic rings. The van der Waals surface area contributed by atoms with Crippen LogP contribution >= 0.6 is 0 Å². The van der Waals surface area contributed by atoms with E-state index in [1.807, 2.05) is 42.6 Å². The van der Waals surface area contributed by atoms with Gasteiger partial charge in [0.1, 0.15) is 12.7 Å². The van der Waals surface area contributed by atoms with Crippen LogP contribution in [0.15, 0.2) is 79.0 Å². The summed E-state index contributed by atoms with van der Waals surface area (Å²) >= 11 is 0. The Labute approximate surface area is 183 Å². The van der Waals surface area contributed by atoms with Gasteiger partial charge in [-0.1, -0.05) is 36.4 Å². The topological polar surface area (TPSA) is 85.5 Å². The zero-order valence-electron chi connectivity index (χ0n) is 16.9. The van der Waals surface area contributed by atoms with E-state index in [1.165, 1.54) is 4.90 Å². The van der Waals surface area contributed by atoms with Crippen molar-refractivity contribution in [3.05, 3.63) is 95.7 Å². The van der Waals surface area contributed by atoms with Gasteiger partial charge in [0.25, 0.3) is 11.8 Å². The van der Waals surface area contributed by atoms with Crippen LogP contribution in [0.3, 0.4) is 0 Å². The predicted molar refractivity (Wildman–Crippen MR) is 120 cm³/mol. The zero-order chi connectivity index (χ0) is 21.8. The summed E-state index contributed by atoms with van der Waals surface area (Å²) in [6.07, 6.45) is 1.15. The number of para-hydroxylation sites is 1. The minimum atomic E-state index is -0.657. The van der Waals surface area contributed by atoms with Crippen LogP contribution < -0.4 is 10.2 Å². The van der Waals surface area contributed by atoms with E-state index in [-0.39, 0.29) is 24.3 Å². The molecule has 2 N–H and O–H groups in total. The Kier molecular flexibility index (Phi) is 3.91. The van der Waals surface area contributed by atoms with Crippen LogP contribution in [0.4, 0.5) is 11.4 Å². The highest BCUT2D eigenvalue weighted by atomic mass is 16.2. The third kappa shape index (κ3) is 2.58. The maximum Gasteiger partial charge on any atom is 0.260 e. The van der Waals surface area contributed by atoms with Gasteiger partial charge >= 0.3 is 0 Å². The molecule has 3 amide bonds. The Morgan fingerprint density at radius 3 is 2.53 bits per heavy atom. The summed E-state index contributed by atoms with van der Waals surface area (Å²) in [5.41, 5.74) is 3.82. The van der Waals surface area contributed by atoms with Crippen molar-refractivity contribution >= 4 is 40.0 Å². The van der Waals surface area contributed by atoms with Gasteiger partial charge in [0, 0.05) is 28.2 Å². The van der Waals surface area contributed by atoms with Gasteiger partial charge in [-0.3, -0.25) is 19.3 Å². The molecule has 4 aromatic rings. The van der Waals surface area contributed by atoms with E-state index >= 15 is 0 Å². The van der Waals surface area contributed by atoms with Crippen LogP contribution in [0.25, 0.3) is 10.9 Å². The Bertz CT molecular complexity index is 1420. The molecular formula is C25H18N4O3. The minimum Gasteiger partial charge on any atom is -0.361 e. The molecule has 1 aromatic heterocycles. The van der Waals surface area contributed by atoms with Crippen LogP contribution in [-0.2, 0) is 4.79 Å². The van der Waals surface area contributed by atoms with E-state index in [0.717, 1.165) is 16.5 Å². The second kappa shape index (κ2) is 6.81. The van der Waals surface area contributed by atoms with Gasteiger partial charge in [-0.05, 0) is 36.4 Å². The minimum absolute atomic E-state index is 0.173. The number of benzene rings is 3. The molecule has 1 unspecified atom stereocenters. The second-order valence-electron chi connectivity index (χ2n) is 7.88. The number of hydrogen-bond acceptors (Lipinski definition) is 3. The molecule has 3 aromatic carbocycles. The molecule has 0 saturated carbocycles. The monoisotopic (exact) mass is 422 g/mol. The number of amides is 3. The number of rotatable bonds is 3. The van der Waals surface area contributed by atoms with Crippen molar-refractivity contribution in [1.29, 1.82) is 0 Å². The molecule has 0 fully saturated rings. The van der Waals surface area contributed by atoms with Crippen LogP contribution in [-0.4, -0.2) is 34.2 Å². The molecule has 0 spiro atoms. The number of carbonyl (C=O) groups excluding carboxylic acids is 3. The van der Waals surface area contributed by atoms with E-state index in [2.05, 4.69) is 10.3 Å². The molecule has 3 heterocycles. The third-order valence-corrected chi connectivity index (χ3v) is 6.07. The molecule has 1 atom stereocenters. The SMILES string of the molecule is O=C(CN1C(=O)c2ccccc2N2C(=O)c3ccccc3C12)Nc1cccc2[nH]ccc12. The van der Waals surface area contributed by atoms with Crippen LogP contribution in [0.5, 0.6) is 0 Å². The van der Waals surface area contributed by atoms with Crippen molar-refractivity contribution in [1.82, 2.24) is 9.88 Å². The number of aromatic amines is 1. The maximum atomic E-state index is 13.4. The normalized spacial score (nSPS) is 16.7. The summed E-state index contributed by atoms with van der Waals surface area (Å²) in [6, 6.07) is 21.8. The Morgan fingerprint density at radius 2 is 1.66 bits per heavy atom. The fourth-order valence-electron chi connectivity index (χ4n) is 4.67. The fourth-order valence-corrected chi connectivity index (χ4v) is 4.67. The van der Waals surface area contributed by atoms with Crippen molar-refractivity contribution in [2.24, 2.45) is 0 Å². The van der Waals surface area contributed by atoms with Crippen molar-refractivity contribution in [3.63, 3.8) is 0 Å². The van der Waals surface area contributed by atoms with E-state index in [4.69, 9.17) is 0 Å². The number of nitrogens with zero attached hydrogens (tertiary/aromatic N) is 2. The van der Waals surface area contributed by atoms with Crippen molar-refractivity contribution in [2.75, 3.05) is 16.8 Å². The molecule has 32 heavy (non-hydrogen) atoms. The largest absolute Gasteiger partial charge is 0.361 e. The van der Waals surface area contributed by atoms with Crippen LogP contribution in [0, 0.1) is 0 Å². The zero-order valence-corrected chi connectivity index (χ0v) is 16.9. The lowest BCUT2D eigenvalue weighted by atomic mass is 10.0.